The number of nitrogens with zero attached hydrogens (tertiary/aromatic N) is 1. The summed E-state index contributed by atoms with van der Waals surface area (Å²) in [6, 6.07) is 17.7. The summed E-state index contributed by atoms with van der Waals surface area (Å²) in [4.78, 5) is 0. The molecule has 1 N–H and O–H groups in total. The summed E-state index contributed by atoms with van der Waals surface area (Å²) < 4.78 is 5.67. The largest absolute Gasteiger partial charge is 0.494 e. The van der Waals surface area contributed by atoms with Crippen LogP contribution in [0.3, 0.4) is 0 Å². The maximum Gasteiger partial charge on any atom is 0.120 e. The smallest absolute Gasteiger partial charge is 0.120 e. The standard InChI is InChI=1S/C19H21NO2/c1-2-17(21)9-6-12-22-18-10-11-19(16(13-18)14-20)15-7-4-3-5-8-15/h3-5,7-8,10-11,13,17,21H,2,6,9,12H2,1H3. The molecule has 3 heteroatoms. The van der Waals surface area contributed by atoms with Crippen molar-refractivity contribution in [3.8, 4) is 22.9 Å². The highest BCUT2D eigenvalue weighted by molar-refractivity contribution is 5.71. The quantitative estimate of drug-likeness (QED) is 0.780. The third-order valence-electron chi connectivity index (χ3n) is 3.62. The lowest BCUT2D eigenvalue weighted by molar-refractivity contribution is 0.149. The Morgan fingerprint density at radius 1 is 1.18 bits per heavy atom. The third-order valence-corrected chi connectivity index (χ3v) is 3.62. The van der Waals surface area contributed by atoms with Gasteiger partial charge in [0.2, 0.25) is 0 Å². The molecule has 114 valence electrons. The molecule has 0 aliphatic rings. The summed E-state index contributed by atoms with van der Waals surface area (Å²) in [6.07, 6.45) is 2.06. The van der Waals surface area contributed by atoms with Crippen LogP contribution in [0.5, 0.6) is 5.75 Å². The Kier molecular flexibility index (Phi) is 6.00. The number of nitriles is 1. The minimum atomic E-state index is -0.251. The highest BCUT2D eigenvalue weighted by atomic mass is 16.5. The zero-order chi connectivity index (χ0) is 15.8. The molecule has 0 fully saturated rings. The van der Waals surface area contributed by atoms with Crippen LogP contribution in [0.1, 0.15) is 31.7 Å². The molecule has 0 aromatic heterocycles. The summed E-state index contributed by atoms with van der Waals surface area (Å²) in [5.74, 6) is 0.696. The Morgan fingerprint density at radius 2 is 1.95 bits per heavy atom. The second-order valence-corrected chi connectivity index (χ2v) is 5.24. The van der Waals surface area contributed by atoms with Gasteiger partial charge in [0.1, 0.15) is 5.75 Å². The maximum atomic E-state index is 9.50. The first kappa shape index (κ1) is 16.1. The number of aliphatic hydroxyl groups is 1. The van der Waals surface area contributed by atoms with E-state index in [4.69, 9.17) is 4.74 Å². The zero-order valence-electron chi connectivity index (χ0n) is 12.8. The van der Waals surface area contributed by atoms with Crippen molar-refractivity contribution in [2.75, 3.05) is 6.61 Å². The van der Waals surface area contributed by atoms with Crippen LogP contribution < -0.4 is 4.74 Å². The molecule has 2 aromatic rings. The van der Waals surface area contributed by atoms with Crippen molar-refractivity contribution in [3.63, 3.8) is 0 Å². The van der Waals surface area contributed by atoms with E-state index < -0.39 is 0 Å². The first-order chi connectivity index (χ1) is 10.7. The van der Waals surface area contributed by atoms with E-state index in [1.54, 1.807) is 6.07 Å². The molecule has 0 saturated heterocycles. The molecule has 0 saturated carbocycles. The molecule has 22 heavy (non-hydrogen) atoms. The average Bonchev–Trinajstić information content (AvgIpc) is 2.59. The zero-order valence-corrected chi connectivity index (χ0v) is 12.8. The molecule has 0 bridgehead atoms. The van der Waals surface area contributed by atoms with E-state index in [9.17, 15) is 10.4 Å². The summed E-state index contributed by atoms with van der Waals surface area (Å²) >= 11 is 0. The predicted octanol–water partition coefficient (Wildman–Crippen LogP) is 4.16. The molecule has 2 aromatic carbocycles. The van der Waals surface area contributed by atoms with Gasteiger partial charge in [-0.25, -0.2) is 0 Å². The van der Waals surface area contributed by atoms with Gasteiger partial charge in [0.25, 0.3) is 0 Å². The molecule has 0 amide bonds. The second-order valence-electron chi connectivity index (χ2n) is 5.24. The Labute approximate surface area is 131 Å². The van der Waals surface area contributed by atoms with Gasteiger partial charge in [-0.15, -0.1) is 0 Å². The SMILES string of the molecule is CCC(O)CCCOc1ccc(-c2ccccc2)c(C#N)c1. The van der Waals surface area contributed by atoms with Gasteiger partial charge in [-0.3, -0.25) is 0 Å². The number of hydrogen-bond acceptors (Lipinski definition) is 3. The summed E-state index contributed by atoms with van der Waals surface area (Å²) in [5.41, 5.74) is 2.55. The number of aliphatic hydroxyl groups excluding tert-OH is 1. The van der Waals surface area contributed by atoms with Crippen LogP contribution in [0.4, 0.5) is 0 Å². The first-order valence-electron chi connectivity index (χ1n) is 7.65. The Balaban J connectivity index is 2.02. The van der Waals surface area contributed by atoms with Crippen molar-refractivity contribution in [1.82, 2.24) is 0 Å². The highest BCUT2D eigenvalue weighted by Gasteiger charge is 2.07. The molecular weight excluding hydrogens is 274 g/mol. The van der Waals surface area contributed by atoms with Crippen molar-refractivity contribution in [1.29, 1.82) is 5.26 Å². The van der Waals surface area contributed by atoms with Crippen molar-refractivity contribution in [3.05, 3.63) is 54.1 Å². The molecule has 0 radical (unpaired) electrons. The molecular formula is C19H21NO2. The van der Waals surface area contributed by atoms with E-state index in [1.807, 2.05) is 49.4 Å². The highest BCUT2D eigenvalue weighted by Crippen LogP contribution is 2.27. The van der Waals surface area contributed by atoms with E-state index in [2.05, 4.69) is 6.07 Å². The van der Waals surface area contributed by atoms with E-state index >= 15 is 0 Å². The first-order valence-corrected chi connectivity index (χ1v) is 7.65. The van der Waals surface area contributed by atoms with Crippen LogP contribution in [0.25, 0.3) is 11.1 Å². The minimum Gasteiger partial charge on any atom is -0.494 e. The van der Waals surface area contributed by atoms with E-state index in [1.165, 1.54) is 0 Å². The van der Waals surface area contributed by atoms with Crippen LogP contribution in [-0.4, -0.2) is 17.8 Å². The fraction of sp³-hybridized carbons (Fsp3) is 0.316. The predicted molar refractivity (Wildman–Crippen MR) is 87.6 cm³/mol. The summed E-state index contributed by atoms with van der Waals surface area (Å²) in [5, 5.41) is 18.8. The fourth-order valence-corrected chi connectivity index (χ4v) is 2.29. The second kappa shape index (κ2) is 8.21. The van der Waals surface area contributed by atoms with Crippen LogP contribution >= 0.6 is 0 Å². The number of hydrogen-bond donors (Lipinski definition) is 1. The van der Waals surface area contributed by atoms with Gasteiger partial charge >= 0.3 is 0 Å². The minimum absolute atomic E-state index is 0.251. The Bertz CT molecular complexity index is 632. The van der Waals surface area contributed by atoms with Gasteiger partial charge in [-0.05, 0) is 48.6 Å². The van der Waals surface area contributed by atoms with Gasteiger partial charge in [0, 0.05) is 0 Å². The molecule has 0 aliphatic heterocycles. The molecule has 3 nitrogen and oxygen atoms in total. The lowest BCUT2D eigenvalue weighted by Crippen LogP contribution is -2.07. The van der Waals surface area contributed by atoms with Crippen LogP contribution in [0, 0.1) is 11.3 Å². The van der Waals surface area contributed by atoms with Gasteiger partial charge in [0.15, 0.2) is 0 Å². The van der Waals surface area contributed by atoms with Crippen molar-refractivity contribution in [2.45, 2.75) is 32.3 Å². The van der Waals surface area contributed by atoms with Crippen LogP contribution in [0.2, 0.25) is 0 Å². The van der Waals surface area contributed by atoms with Crippen molar-refractivity contribution < 1.29 is 9.84 Å². The van der Waals surface area contributed by atoms with Gasteiger partial charge in [0.05, 0.1) is 24.3 Å². The van der Waals surface area contributed by atoms with Crippen molar-refractivity contribution in [2.24, 2.45) is 0 Å². The van der Waals surface area contributed by atoms with E-state index in [-0.39, 0.29) is 6.10 Å². The number of ether oxygens (including phenoxy) is 1. The topological polar surface area (TPSA) is 53.2 Å². The summed E-state index contributed by atoms with van der Waals surface area (Å²) in [6.45, 7) is 2.51. The van der Waals surface area contributed by atoms with Crippen LogP contribution in [0.15, 0.2) is 48.5 Å². The molecule has 1 unspecified atom stereocenters. The van der Waals surface area contributed by atoms with E-state index in [0.29, 0.717) is 17.9 Å². The molecule has 0 heterocycles. The lowest BCUT2D eigenvalue weighted by Gasteiger charge is -2.11. The van der Waals surface area contributed by atoms with E-state index in [0.717, 1.165) is 30.4 Å². The lowest BCUT2D eigenvalue weighted by atomic mass is 10.0. The average molecular weight is 295 g/mol. The Hall–Kier alpha value is -2.31. The van der Waals surface area contributed by atoms with Gasteiger partial charge in [-0.2, -0.15) is 5.26 Å². The molecule has 0 spiro atoms. The maximum absolute atomic E-state index is 9.50. The molecule has 1 atom stereocenters. The third kappa shape index (κ3) is 4.34. The van der Waals surface area contributed by atoms with Crippen molar-refractivity contribution >= 4 is 0 Å². The number of rotatable bonds is 7. The molecule has 0 aliphatic carbocycles. The fourth-order valence-electron chi connectivity index (χ4n) is 2.29. The number of benzene rings is 2. The van der Waals surface area contributed by atoms with Gasteiger partial charge in [-0.1, -0.05) is 37.3 Å². The van der Waals surface area contributed by atoms with Crippen LogP contribution in [-0.2, 0) is 0 Å². The normalized spacial score (nSPS) is 11.7. The Morgan fingerprint density at radius 3 is 2.64 bits per heavy atom. The van der Waals surface area contributed by atoms with Gasteiger partial charge < -0.3 is 9.84 Å². The molecule has 2 rings (SSSR count). The monoisotopic (exact) mass is 295 g/mol. The summed E-state index contributed by atoms with van der Waals surface area (Å²) in [7, 11) is 0.